The van der Waals surface area contributed by atoms with E-state index in [-0.39, 0.29) is 17.4 Å². The lowest BCUT2D eigenvalue weighted by Gasteiger charge is -2.05. The number of carbonyl (C=O) groups is 1. The lowest BCUT2D eigenvalue weighted by molar-refractivity contribution is -0.625. The van der Waals surface area contributed by atoms with E-state index in [1.807, 2.05) is 66.1 Å². The van der Waals surface area contributed by atoms with E-state index in [0.717, 1.165) is 28.2 Å². The van der Waals surface area contributed by atoms with E-state index in [0.29, 0.717) is 15.9 Å². The van der Waals surface area contributed by atoms with Crippen molar-refractivity contribution in [1.82, 2.24) is 15.6 Å². The molecule has 4 rings (SSSR count). The van der Waals surface area contributed by atoms with Gasteiger partial charge in [0.05, 0.1) is 22.1 Å². The zero-order valence-corrected chi connectivity index (χ0v) is 20.2. The number of aromatic nitrogens is 3. The van der Waals surface area contributed by atoms with Crippen LogP contribution < -0.4 is 9.99 Å². The smallest absolute Gasteiger partial charge is 0.342 e. The number of hydrogen-bond acceptors (Lipinski definition) is 5. The number of phenols is 1. The monoisotopic (exact) mass is 492 g/mol. The number of carbonyl (C=O) groups excluding carboxylic acids is 1. The number of H-pyrrole nitrogens is 1. The third kappa shape index (κ3) is 5.65. The maximum Gasteiger partial charge on any atom is 0.342 e. The van der Waals surface area contributed by atoms with E-state index in [4.69, 9.17) is 11.6 Å². The van der Waals surface area contributed by atoms with E-state index in [2.05, 4.69) is 20.7 Å². The van der Waals surface area contributed by atoms with Crippen molar-refractivity contribution in [3.63, 3.8) is 0 Å². The number of phenolic OH excluding ortho intramolecular Hbond substituents is 1. The Morgan fingerprint density at radius 2 is 1.88 bits per heavy atom. The first kappa shape index (κ1) is 23.5. The summed E-state index contributed by atoms with van der Waals surface area (Å²) >= 11 is 7.35. The molecule has 3 aromatic carbocycles. The van der Waals surface area contributed by atoms with Crippen LogP contribution in [0, 0.1) is 6.92 Å². The second kappa shape index (κ2) is 10.5. The molecule has 0 saturated heterocycles. The van der Waals surface area contributed by atoms with Gasteiger partial charge in [-0.15, -0.1) is 5.10 Å². The average molecular weight is 493 g/mol. The van der Waals surface area contributed by atoms with Crippen LogP contribution in [0.1, 0.15) is 18.1 Å². The number of hydrazone groups is 1. The van der Waals surface area contributed by atoms with Gasteiger partial charge in [0.2, 0.25) is 0 Å². The van der Waals surface area contributed by atoms with E-state index >= 15 is 0 Å². The highest BCUT2D eigenvalue weighted by atomic mass is 35.5. The predicted octanol–water partition coefficient (Wildman–Crippen LogP) is 4.65. The third-order valence-corrected chi connectivity index (χ3v) is 6.22. The van der Waals surface area contributed by atoms with Gasteiger partial charge in [-0.1, -0.05) is 41.4 Å². The van der Waals surface area contributed by atoms with Crippen molar-refractivity contribution in [2.45, 2.75) is 19.0 Å². The molecule has 0 fully saturated rings. The van der Waals surface area contributed by atoms with Gasteiger partial charge in [0.25, 0.3) is 11.7 Å². The fourth-order valence-electron chi connectivity index (χ4n) is 3.23. The second-order valence-corrected chi connectivity index (χ2v) is 8.98. The van der Waals surface area contributed by atoms with Crippen molar-refractivity contribution >= 4 is 35.0 Å². The molecule has 0 aliphatic rings. The largest absolute Gasteiger partial charge is 0.508 e. The minimum Gasteiger partial charge on any atom is -0.508 e. The number of amides is 1. The summed E-state index contributed by atoms with van der Waals surface area (Å²) in [6.07, 6.45) is 0. The molecule has 0 saturated carbocycles. The van der Waals surface area contributed by atoms with E-state index in [9.17, 15) is 9.90 Å². The van der Waals surface area contributed by atoms with E-state index < -0.39 is 0 Å². The molecule has 4 aromatic rings. The van der Waals surface area contributed by atoms with Gasteiger partial charge in [0, 0.05) is 10.6 Å². The van der Waals surface area contributed by atoms with Crippen LogP contribution in [0.3, 0.4) is 0 Å². The van der Waals surface area contributed by atoms with E-state index in [1.165, 1.54) is 11.8 Å². The topological polar surface area (TPSA) is 94.2 Å². The van der Waals surface area contributed by atoms with Crippen molar-refractivity contribution < 1.29 is 14.5 Å². The van der Waals surface area contributed by atoms with Crippen LogP contribution in [-0.4, -0.2) is 32.7 Å². The number of benzene rings is 3. The Bertz CT molecular complexity index is 1330. The molecule has 0 radical (unpaired) electrons. The van der Waals surface area contributed by atoms with Crippen LogP contribution in [0.5, 0.6) is 5.75 Å². The molecule has 172 valence electrons. The highest BCUT2D eigenvalue weighted by Gasteiger charge is 2.24. The maximum absolute atomic E-state index is 12.5. The lowest BCUT2D eigenvalue weighted by atomic mass is 10.1. The Morgan fingerprint density at radius 1 is 1.15 bits per heavy atom. The summed E-state index contributed by atoms with van der Waals surface area (Å²) in [6.45, 7) is 3.79. The standard InChI is InChI=1S/C25H22ClN5O2S/c1-16-6-12-21(13-7-16)31-24(18-8-10-20(26)11-9-18)29-30-25(31)34-15-23(33)28-27-17(2)19-4-3-5-22(32)14-19/h3-14H,15H2,1-2H3,(H2,28,32,33)/p+1. The van der Waals surface area contributed by atoms with Gasteiger partial charge in [0.15, 0.2) is 0 Å². The molecule has 0 aliphatic carbocycles. The minimum absolute atomic E-state index is 0.119. The molecule has 1 heterocycles. The molecule has 34 heavy (non-hydrogen) atoms. The maximum atomic E-state index is 12.5. The first-order valence-corrected chi connectivity index (χ1v) is 11.9. The summed E-state index contributed by atoms with van der Waals surface area (Å²) in [5, 5.41) is 22.6. The predicted molar refractivity (Wildman–Crippen MR) is 134 cm³/mol. The molecule has 3 N–H and O–H groups in total. The number of aromatic amines is 1. The highest BCUT2D eigenvalue weighted by molar-refractivity contribution is 7.99. The summed E-state index contributed by atoms with van der Waals surface area (Å²) in [5.74, 6) is 0.773. The van der Waals surface area contributed by atoms with Gasteiger partial charge < -0.3 is 5.11 Å². The highest BCUT2D eigenvalue weighted by Crippen LogP contribution is 2.22. The van der Waals surface area contributed by atoms with Crippen LogP contribution in [0.15, 0.2) is 83.1 Å². The SMILES string of the molecule is CC(=NNC(=O)CSc1n[nH]c(-c2ccc(Cl)cc2)[n+]1-c1ccc(C)cc1)c1cccc(O)c1. The summed E-state index contributed by atoms with van der Waals surface area (Å²) in [6, 6.07) is 22.3. The number of halogens is 1. The first-order chi connectivity index (χ1) is 16.4. The van der Waals surface area contributed by atoms with Crippen molar-refractivity contribution in [1.29, 1.82) is 0 Å². The number of aromatic hydroxyl groups is 1. The average Bonchev–Trinajstić information content (AvgIpc) is 3.26. The number of nitrogens with zero attached hydrogens (tertiary/aromatic N) is 3. The summed E-state index contributed by atoms with van der Waals surface area (Å²) in [5.41, 5.74) is 6.87. The minimum atomic E-state index is -0.268. The molecular weight excluding hydrogens is 470 g/mol. The number of hydrogen-bond donors (Lipinski definition) is 3. The molecule has 0 unspecified atom stereocenters. The summed E-state index contributed by atoms with van der Waals surface area (Å²) in [4.78, 5) is 12.5. The van der Waals surface area contributed by atoms with E-state index in [1.54, 1.807) is 25.1 Å². The van der Waals surface area contributed by atoms with Crippen molar-refractivity contribution in [3.05, 3.63) is 88.9 Å². The van der Waals surface area contributed by atoms with Crippen molar-refractivity contribution in [3.8, 4) is 22.8 Å². The lowest BCUT2D eigenvalue weighted by Crippen LogP contribution is -2.34. The molecule has 1 amide bonds. The Kier molecular flexibility index (Phi) is 7.30. The summed E-state index contributed by atoms with van der Waals surface area (Å²) < 4.78 is 1.97. The van der Waals surface area contributed by atoms with Gasteiger partial charge in [-0.25, -0.2) is 5.43 Å². The quantitative estimate of drug-likeness (QED) is 0.151. The first-order valence-electron chi connectivity index (χ1n) is 10.5. The van der Waals surface area contributed by atoms with Gasteiger partial charge in [-0.2, -0.15) is 9.67 Å². The number of thioether (sulfide) groups is 1. The van der Waals surface area contributed by atoms with Gasteiger partial charge >= 0.3 is 5.16 Å². The normalized spacial score (nSPS) is 11.4. The molecule has 0 bridgehead atoms. The van der Waals surface area contributed by atoms with Gasteiger partial charge in [0.1, 0.15) is 11.4 Å². The molecule has 0 atom stereocenters. The van der Waals surface area contributed by atoms with Gasteiger partial charge in [-0.3, -0.25) is 4.79 Å². The Labute approximate surface area is 206 Å². The molecule has 1 aromatic heterocycles. The Balaban J connectivity index is 1.53. The summed E-state index contributed by atoms with van der Waals surface area (Å²) in [7, 11) is 0. The van der Waals surface area contributed by atoms with Crippen molar-refractivity contribution in [2.24, 2.45) is 5.10 Å². The molecule has 9 heteroatoms. The van der Waals surface area contributed by atoms with Crippen LogP contribution >= 0.6 is 23.4 Å². The van der Waals surface area contributed by atoms with Crippen LogP contribution in [-0.2, 0) is 4.79 Å². The number of nitrogens with one attached hydrogen (secondary N) is 2. The van der Waals surface area contributed by atoms with Crippen LogP contribution in [0.2, 0.25) is 5.02 Å². The second-order valence-electron chi connectivity index (χ2n) is 7.60. The Hall–Kier alpha value is -3.62. The number of rotatable bonds is 7. The van der Waals surface area contributed by atoms with Crippen LogP contribution in [0.4, 0.5) is 0 Å². The fourth-order valence-corrected chi connectivity index (χ4v) is 4.12. The van der Waals surface area contributed by atoms with Crippen molar-refractivity contribution in [2.75, 3.05) is 5.75 Å². The van der Waals surface area contributed by atoms with Gasteiger partial charge in [-0.05, 0) is 74.1 Å². The number of aryl methyl sites for hydroxylation is 1. The third-order valence-electron chi connectivity index (χ3n) is 5.03. The molecule has 0 aliphatic heterocycles. The molecular formula is C25H23ClN5O2S+. The van der Waals surface area contributed by atoms with Crippen LogP contribution in [0.25, 0.3) is 17.1 Å². The zero-order valence-electron chi connectivity index (χ0n) is 18.6. The molecule has 0 spiro atoms. The fraction of sp³-hybridized carbons (Fsp3) is 0.120. The Morgan fingerprint density at radius 3 is 2.59 bits per heavy atom. The zero-order chi connectivity index (χ0) is 24.1. The molecule has 7 nitrogen and oxygen atoms in total.